The van der Waals surface area contributed by atoms with Crippen molar-refractivity contribution in [3.8, 4) is 11.8 Å². The lowest BCUT2D eigenvalue weighted by Crippen LogP contribution is -2.03. The highest BCUT2D eigenvalue weighted by Gasteiger charge is 2.27. The van der Waals surface area contributed by atoms with E-state index in [1.165, 1.54) is 11.1 Å². The first-order valence-electron chi connectivity index (χ1n) is 7.12. The fourth-order valence-electron chi connectivity index (χ4n) is 3.07. The van der Waals surface area contributed by atoms with Crippen LogP contribution in [0.3, 0.4) is 0 Å². The predicted octanol–water partition coefficient (Wildman–Crippen LogP) is 4.02. The average molecular weight is 275 g/mol. The van der Waals surface area contributed by atoms with Crippen molar-refractivity contribution in [2.24, 2.45) is 5.92 Å². The van der Waals surface area contributed by atoms with Crippen LogP contribution in [-0.4, -0.2) is 7.11 Å². The minimum absolute atomic E-state index is 0.370. The first-order chi connectivity index (χ1) is 10.3. The van der Waals surface area contributed by atoms with Gasteiger partial charge in [0.2, 0.25) is 0 Å². The molecule has 104 valence electrons. The zero-order chi connectivity index (χ0) is 14.7. The van der Waals surface area contributed by atoms with Gasteiger partial charge in [0, 0.05) is 6.08 Å². The van der Waals surface area contributed by atoms with E-state index in [-0.39, 0.29) is 0 Å². The van der Waals surface area contributed by atoms with Gasteiger partial charge < -0.3 is 4.74 Å². The number of allylic oxidation sites excluding steroid dienone is 2. The lowest BCUT2D eigenvalue weighted by atomic mass is 9.92. The number of rotatable bonds is 3. The van der Waals surface area contributed by atoms with E-state index in [9.17, 15) is 0 Å². The fourth-order valence-corrected chi connectivity index (χ4v) is 3.07. The second kappa shape index (κ2) is 5.85. The largest absolute Gasteiger partial charge is 0.497 e. The highest BCUT2D eigenvalue weighted by atomic mass is 16.5. The summed E-state index contributed by atoms with van der Waals surface area (Å²) >= 11 is 0. The molecule has 2 heteroatoms. The van der Waals surface area contributed by atoms with Gasteiger partial charge >= 0.3 is 0 Å². The molecule has 21 heavy (non-hydrogen) atoms. The summed E-state index contributed by atoms with van der Waals surface area (Å²) in [6.07, 6.45) is 3.64. The summed E-state index contributed by atoms with van der Waals surface area (Å²) in [4.78, 5) is 0. The van der Waals surface area contributed by atoms with E-state index in [2.05, 4.69) is 36.4 Å². The van der Waals surface area contributed by atoms with Crippen LogP contribution in [0.15, 0.2) is 54.6 Å². The minimum atomic E-state index is 0.370. The third kappa shape index (κ3) is 2.68. The molecular formula is C19H17NO. The number of nitriles is 1. The van der Waals surface area contributed by atoms with E-state index in [0.29, 0.717) is 5.92 Å². The van der Waals surface area contributed by atoms with E-state index >= 15 is 0 Å². The number of hydrogen-bond acceptors (Lipinski definition) is 2. The van der Waals surface area contributed by atoms with Crippen LogP contribution in [0.5, 0.6) is 5.75 Å². The Kier molecular flexibility index (Phi) is 3.75. The monoisotopic (exact) mass is 275 g/mol. The summed E-state index contributed by atoms with van der Waals surface area (Å²) in [5.74, 6) is 1.21. The molecule has 0 saturated carbocycles. The number of nitrogens with zero attached hydrogens (tertiary/aromatic N) is 1. The molecule has 0 N–H and O–H groups in total. The summed E-state index contributed by atoms with van der Waals surface area (Å²) in [7, 11) is 1.67. The molecule has 1 aliphatic rings. The Morgan fingerprint density at radius 3 is 2.76 bits per heavy atom. The topological polar surface area (TPSA) is 33.0 Å². The molecule has 2 nitrogen and oxygen atoms in total. The zero-order valence-corrected chi connectivity index (χ0v) is 12.0. The molecule has 1 aliphatic carbocycles. The number of benzene rings is 2. The lowest BCUT2D eigenvalue weighted by molar-refractivity contribution is 0.414. The molecule has 0 spiro atoms. The number of ether oxygens (including phenoxy) is 1. The van der Waals surface area contributed by atoms with Gasteiger partial charge in [0.05, 0.1) is 13.2 Å². The summed E-state index contributed by atoms with van der Waals surface area (Å²) in [6, 6.07) is 18.8. The third-order valence-corrected chi connectivity index (χ3v) is 4.08. The maximum absolute atomic E-state index is 9.10. The zero-order valence-electron chi connectivity index (χ0n) is 12.0. The van der Waals surface area contributed by atoms with E-state index in [1.807, 2.05) is 18.2 Å². The molecule has 0 bridgehead atoms. The average Bonchev–Trinajstić information content (AvgIpc) is 2.85. The molecule has 0 radical (unpaired) electrons. The van der Waals surface area contributed by atoms with E-state index in [1.54, 1.807) is 13.2 Å². The molecule has 0 unspecified atom stereocenters. The van der Waals surface area contributed by atoms with Crippen LogP contribution in [-0.2, 0) is 12.8 Å². The maximum atomic E-state index is 9.10. The molecule has 2 aromatic carbocycles. The van der Waals surface area contributed by atoms with Gasteiger partial charge in [-0.15, -0.1) is 0 Å². The van der Waals surface area contributed by atoms with Crippen LogP contribution in [0, 0.1) is 17.2 Å². The van der Waals surface area contributed by atoms with Gasteiger partial charge in [-0.05, 0) is 53.2 Å². The molecule has 0 saturated heterocycles. The Labute approximate surface area is 125 Å². The summed E-state index contributed by atoms with van der Waals surface area (Å²) < 4.78 is 5.31. The number of hydrogen-bond donors (Lipinski definition) is 0. The van der Waals surface area contributed by atoms with Crippen molar-refractivity contribution in [1.82, 2.24) is 0 Å². The second-order valence-electron chi connectivity index (χ2n) is 5.34. The van der Waals surface area contributed by atoms with E-state index in [4.69, 9.17) is 10.00 Å². The van der Waals surface area contributed by atoms with Crippen molar-refractivity contribution in [3.05, 3.63) is 71.3 Å². The van der Waals surface area contributed by atoms with Gasteiger partial charge in [-0.2, -0.15) is 5.26 Å². The minimum Gasteiger partial charge on any atom is -0.497 e. The van der Waals surface area contributed by atoms with Crippen LogP contribution < -0.4 is 4.74 Å². The second-order valence-corrected chi connectivity index (χ2v) is 5.34. The molecule has 0 heterocycles. The van der Waals surface area contributed by atoms with Gasteiger partial charge in [0.15, 0.2) is 0 Å². The summed E-state index contributed by atoms with van der Waals surface area (Å²) in [6.45, 7) is 0. The quantitative estimate of drug-likeness (QED) is 0.793. The van der Waals surface area contributed by atoms with Crippen molar-refractivity contribution < 1.29 is 4.74 Å². The number of fused-ring (bicyclic) bond motifs is 1. The molecule has 2 aromatic rings. The smallest absolute Gasteiger partial charge is 0.119 e. The highest BCUT2D eigenvalue weighted by Crippen LogP contribution is 2.40. The molecule has 0 amide bonds. The van der Waals surface area contributed by atoms with Gasteiger partial charge in [0.1, 0.15) is 5.75 Å². The molecule has 1 atom stereocenters. The van der Waals surface area contributed by atoms with Crippen LogP contribution in [0.25, 0.3) is 5.57 Å². The summed E-state index contributed by atoms with van der Waals surface area (Å²) in [5, 5.41) is 9.10. The van der Waals surface area contributed by atoms with Crippen molar-refractivity contribution in [2.45, 2.75) is 12.8 Å². The van der Waals surface area contributed by atoms with Gasteiger partial charge in [-0.25, -0.2) is 0 Å². The van der Waals surface area contributed by atoms with Crippen LogP contribution in [0.4, 0.5) is 0 Å². The normalized spacial score (nSPS) is 18.3. The third-order valence-electron chi connectivity index (χ3n) is 4.08. The van der Waals surface area contributed by atoms with Crippen molar-refractivity contribution >= 4 is 5.57 Å². The van der Waals surface area contributed by atoms with E-state index < -0.39 is 0 Å². The summed E-state index contributed by atoms with van der Waals surface area (Å²) in [5.41, 5.74) is 4.91. The molecule has 0 aliphatic heterocycles. The van der Waals surface area contributed by atoms with Crippen LogP contribution >= 0.6 is 0 Å². The van der Waals surface area contributed by atoms with Crippen molar-refractivity contribution in [1.29, 1.82) is 5.26 Å². The van der Waals surface area contributed by atoms with Gasteiger partial charge in [0.25, 0.3) is 0 Å². The lowest BCUT2D eigenvalue weighted by Gasteiger charge is -2.11. The standard InChI is InChI=1S/C19H17NO/c1-21-17-8-7-15-12-16(11-14-5-3-2-4-6-14)18(9-10-20)19(15)13-17/h2-9,13,16H,11-12H2,1H3/b18-9+/t16-/m0/s1. The van der Waals surface area contributed by atoms with Crippen LogP contribution in [0.2, 0.25) is 0 Å². The predicted molar refractivity (Wildman–Crippen MR) is 83.9 cm³/mol. The fraction of sp³-hybridized carbons (Fsp3) is 0.211. The Bertz CT molecular complexity index is 710. The van der Waals surface area contributed by atoms with Gasteiger partial charge in [-0.1, -0.05) is 36.4 Å². The highest BCUT2D eigenvalue weighted by molar-refractivity contribution is 5.77. The Morgan fingerprint density at radius 2 is 2.05 bits per heavy atom. The maximum Gasteiger partial charge on any atom is 0.119 e. The molecule has 0 fully saturated rings. The first-order valence-corrected chi connectivity index (χ1v) is 7.12. The Hall–Kier alpha value is -2.53. The van der Waals surface area contributed by atoms with Gasteiger partial charge in [-0.3, -0.25) is 0 Å². The SMILES string of the molecule is COc1ccc2c(c1)/C(=C/C#N)[C@@H](Cc1ccccc1)C2. The Balaban J connectivity index is 1.94. The van der Waals surface area contributed by atoms with E-state index in [0.717, 1.165) is 29.7 Å². The Morgan fingerprint density at radius 1 is 1.24 bits per heavy atom. The number of methoxy groups -OCH3 is 1. The van der Waals surface area contributed by atoms with Crippen LogP contribution in [0.1, 0.15) is 16.7 Å². The van der Waals surface area contributed by atoms with Crippen molar-refractivity contribution in [3.63, 3.8) is 0 Å². The first kappa shape index (κ1) is 13.5. The molecule has 3 rings (SSSR count). The molecule has 0 aromatic heterocycles. The molecular weight excluding hydrogens is 258 g/mol. The van der Waals surface area contributed by atoms with Crippen molar-refractivity contribution in [2.75, 3.05) is 7.11 Å².